The Bertz CT molecular complexity index is 93.7. The van der Waals surface area contributed by atoms with E-state index in [1.807, 2.05) is 0 Å². The van der Waals surface area contributed by atoms with Crippen LogP contribution in [0.4, 0.5) is 0 Å². The molecule has 0 aromatic carbocycles. The van der Waals surface area contributed by atoms with Crippen LogP contribution in [0.1, 0.15) is 6.92 Å². The van der Waals surface area contributed by atoms with E-state index < -0.39 is 21.4 Å². The monoisotopic (exact) mass is 233 g/mol. The van der Waals surface area contributed by atoms with Gasteiger partial charge in [-0.15, -0.1) is 0 Å². The third-order valence-corrected chi connectivity index (χ3v) is 1.70. The van der Waals surface area contributed by atoms with E-state index in [1.165, 1.54) is 6.92 Å². The highest BCUT2D eigenvalue weighted by Crippen LogP contribution is 2.08. The minimum atomic E-state index is -1.06. The van der Waals surface area contributed by atoms with Crippen LogP contribution in [0.15, 0.2) is 2.55 Å². The topological polar surface area (TPSA) is 49.7 Å². The van der Waals surface area contributed by atoms with Crippen LogP contribution in [-0.4, -0.2) is 8.55 Å². The van der Waals surface area contributed by atoms with Gasteiger partial charge >= 0.3 is 0 Å². The SMILES string of the molecule is CC(=O)SN=IO. The third kappa shape index (κ3) is 6.51. The predicted octanol–water partition coefficient (Wildman–Crippen LogP) is 1.24. The van der Waals surface area contributed by atoms with E-state index in [0.717, 1.165) is 11.9 Å². The molecule has 0 aromatic heterocycles. The van der Waals surface area contributed by atoms with Crippen molar-refractivity contribution in [1.29, 1.82) is 0 Å². The maximum Gasteiger partial charge on any atom is 0.208 e. The van der Waals surface area contributed by atoms with Gasteiger partial charge in [-0.25, -0.2) is 0 Å². The molecule has 0 fully saturated rings. The summed E-state index contributed by atoms with van der Waals surface area (Å²) >= 11 is -0.243. The molecule has 3 nitrogen and oxygen atoms in total. The maximum absolute atomic E-state index is 9.98. The summed E-state index contributed by atoms with van der Waals surface area (Å²) in [5, 5.41) is -0.0752. The number of hydrogen-bond acceptors (Lipinski definition) is 3. The van der Waals surface area contributed by atoms with Crippen molar-refractivity contribution >= 4 is 38.5 Å². The van der Waals surface area contributed by atoms with Gasteiger partial charge in [-0.3, -0.25) is 4.79 Å². The summed E-state index contributed by atoms with van der Waals surface area (Å²) in [6, 6.07) is 0. The fraction of sp³-hybridized carbons (Fsp3) is 0.500. The Balaban J connectivity index is 3.14. The molecular formula is C2H4INO2S. The van der Waals surface area contributed by atoms with Gasteiger partial charge < -0.3 is 3.44 Å². The van der Waals surface area contributed by atoms with Gasteiger partial charge in [0.25, 0.3) is 0 Å². The van der Waals surface area contributed by atoms with Crippen LogP contribution in [0, 0.1) is 0 Å². The van der Waals surface area contributed by atoms with E-state index in [9.17, 15) is 4.79 Å². The molecule has 1 N–H and O–H groups in total. The first-order valence-electron chi connectivity index (χ1n) is 1.43. The number of hydrogen-bond donors (Lipinski definition) is 1. The van der Waals surface area contributed by atoms with Gasteiger partial charge in [0, 0.05) is 6.92 Å². The molecule has 0 spiro atoms. The van der Waals surface area contributed by atoms with E-state index >= 15 is 0 Å². The number of halogens is 1. The Morgan fingerprint density at radius 2 is 2.57 bits per heavy atom. The van der Waals surface area contributed by atoms with Crippen molar-refractivity contribution in [3.8, 4) is 0 Å². The zero-order valence-corrected chi connectivity index (χ0v) is 6.56. The Morgan fingerprint density at radius 3 is 2.71 bits per heavy atom. The lowest BCUT2D eigenvalue weighted by molar-refractivity contribution is -0.109. The second-order valence-electron chi connectivity index (χ2n) is 0.727. The summed E-state index contributed by atoms with van der Waals surface area (Å²) in [4.78, 5) is 9.98. The Morgan fingerprint density at radius 1 is 2.00 bits per heavy atom. The molecule has 0 saturated carbocycles. The Labute approximate surface area is 56.3 Å². The van der Waals surface area contributed by atoms with E-state index in [1.54, 1.807) is 0 Å². The molecule has 0 rings (SSSR count). The van der Waals surface area contributed by atoms with Crippen LogP contribution in [0.2, 0.25) is 0 Å². The number of rotatable bonds is 1. The van der Waals surface area contributed by atoms with Crippen molar-refractivity contribution < 1.29 is 8.23 Å². The smallest absolute Gasteiger partial charge is 0.208 e. The summed E-state index contributed by atoms with van der Waals surface area (Å²) in [5.41, 5.74) is 0. The largest absolute Gasteiger partial charge is 0.323 e. The van der Waals surface area contributed by atoms with Crippen molar-refractivity contribution in [2.75, 3.05) is 0 Å². The van der Waals surface area contributed by atoms with Gasteiger partial charge in [0.15, 0.2) is 21.4 Å². The molecule has 0 heterocycles. The highest BCUT2D eigenvalue weighted by molar-refractivity contribution is 14.1. The van der Waals surface area contributed by atoms with Crippen LogP contribution < -0.4 is 0 Å². The van der Waals surface area contributed by atoms with Crippen molar-refractivity contribution in [1.82, 2.24) is 0 Å². The first-order valence-corrected chi connectivity index (χ1v) is 4.13. The number of nitrogens with zero attached hydrogens (tertiary/aromatic N) is 1. The quantitative estimate of drug-likeness (QED) is 0.547. The van der Waals surface area contributed by atoms with Crippen LogP contribution >= 0.6 is 33.4 Å². The van der Waals surface area contributed by atoms with Gasteiger partial charge in [-0.1, -0.05) is 0 Å². The molecule has 0 atom stereocenters. The fourth-order valence-electron chi connectivity index (χ4n) is 0.0640. The van der Waals surface area contributed by atoms with Gasteiger partial charge in [-0.2, -0.15) is 2.55 Å². The number of carbonyl (C=O) groups is 1. The Kier molecular flexibility index (Phi) is 5.00. The second-order valence-corrected chi connectivity index (χ2v) is 3.24. The molecular weight excluding hydrogens is 229 g/mol. The average molecular weight is 233 g/mol. The zero-order chi connectivity index (χ0) is 5.70. The normalized spacial score (nSPS) is 11.1. The molecule has 7 heavy (non-hydrogen) atoms. The molecule has 0 amide bonds. The first-order chi connectivity index (χ1) is 3.27. The first kappa shape index (κ1) is 7.51. The summed E-state index contributed by atoms with van der Waals surface area (Å²) in [7, 11) is 0. The molecule has 0 aliphatic rings. The molecule has 0 bridgehead atoms. The highest BCUT2D eigenvalue weighted by atomic mass is 127. The zero-order valence-electron chi connectivity index (χ0n) is 3.59. The van der Waals surface area contributed by atoms with Crippen molar-refractivity contribution in [2.24, 2.45) is 2.55 Å². The van der Waals surface area contributed by atoms with Crippen LogP contribution in [0.5, 0.6) is 0 Å². The molecule has 0 saturated heterocycles. The van der Waals surface area contributed by atoms with Gasteiger partial charge in [0.05, 0.1) is 11.9 Å². The van der Waals surface area contributed by atoms with Gasteiger partial charge in [0.1, 0.15) is 0 Å². The molecule has 42 valence electrons. The summed E-state index contributed by atoms with van der Waals surface area (Å²) < 4.78 is 11.5. The van der Waals surface area contributed by atoms with E-state index in [2.05, 4.69) is 2.55 Å². The van der Waals surface area contributed by atoms with Crippen LogP contribution in [0.25, 0.3) is 0 Å². The van der Waals surface area contributed by atoms with Crippen molar-refractivity contribution in [3.05, 3.63) is 0 Å². The molecule has 0 radical (unpaired) electrons. The lowest BCUT2D eigenvalue weighted by atomic mass is 10.9. The van der Waals surface area contributed by atoms with E-state index in [-0.39, 0.29) is 5.12 Å². The predicted molar refractivity (Wildman–Crippen MR) is 36.9 cm³/mol. The summed E-state index contributed by atoms with van der Waals surface area (Å²) in [6.07, 6.45) is 0. The van der Waals surface area contributed by atoms with Crippen molar-refractivity contribution in [3.63, 3.8) is 0 Å². The molecule has 0 aromatic rings. The molecule has 5 heteroatoms. The minimum absolute atomic E-state index is 0.0752. The lowest BCUT2D eigenvalue weighted by Crippen LogP contribution is -1.71. The fourth-order valence-corrected chi connectivity index (χ4v) is 1.29. The minimum Gasteiger partial charge on any atom is -0.323 e. The maximum atomic E-state index is 9.98. The van der Waals surface area contributed by atoms with Crippen LogP contribution in [-0.2, 0) is 4.79 Å². The molecule has 0 aliphatic carbocycles. The lowest BCUT2D eigenvalue weighted by Gasteiger charge is -1.75. The van der Waals surface area contributed by atoms with Crippen molar-refractivity contribution in [2.45, 2.75) is 6.92 Å². The Hall–Kier alpha value is 0.510. The number of carbonyl (C=O) groups excluding carboxylic acids is 1. The second kappa shape index (κ2) is 4.66. The molecule has 0 aliphatic heterocycles. The van der Waals surface area contributed by atoms with Gasteiger partial charge in [0.2, 0.25) is 5.12 Å². The summed E-state index contributed by atoms with van der Waals surface area (Å²) in [5.74, 6) is 0. The average Bonchev–Trinajstić information content (AvgIpc) is 1.61. The highest BCUT2D eigenvalue weighted by Gasteiger charge is 1.85. The van der Waals surface area contributed by atoms with Gasteiger partial charge in [-0.05, 0) is 0 Å². The summed E-state index contributed by atoms with van der Waals surface area (Å²) in [6.45, 7) is 1.41. The molecule has 0 unspecified atom stereocenters. The van der Waals surface area contributed by atoms with E-state index in [4.69, 9.17) is 3.44 Å². The van der Waals surface area contributed by atoms with E-state index in [0.29, 0.717) is 0 Å². The third-order valence-electron chi connectivity index (χ3n) is 0.194. The standard InChI is InChI=1S/C2H4INO2S/c1-2(5)7-4-3-6/h1H3,(H,4,6). The van der Waals surface area contributed by atoms with Crippen LogP contribution in [0.3, 0.4) is 0 Å².